The van der Waals surface area contributed by atoms with Gasteiger partial charge in [-0.2, -0.15) is 4.39 Å². The van der Waals surface area contributed by atoms with Gasteiger partial charge in [0.25, 0.3) is 0 Å². The fraction of sp³-hybridized carbons (Fsp3) is 0.100. The van der Waals surface area contributed by atoms with E-state index in [9.17, 15) is 9.18 Å². The van der Waals surface area contributed by atoms with Crippen molar-refractivity contribution in [1.29, 1.82) is 0 Å². The van der Waals surface area contributed by atoms with Crippen LogP contribution in [0.4, 0.5) is 4.39 Å². The molecule has 0 aliphatic carbocycles. The minimum atomic E-state index is -1.60. The summed E-state index contributed by atoms with van der Waals surface area (Å²) < 4.78 is 23.7. The van der Waals surface area contributed by atoms with Crippen molar-refractivity contribution in [2.75, 3.05) is 6.79 Å². The summed E-state index contributed by atoms with van der Waals surface area (Å²) in [6.45, 7) is 0.0997. The van der Waals surface area contributed by atoms with Crippen molar-refractivity contribution in [3.63, 3.8) is 0 Å². The number of hydrogen-bond acceptors (Lipinski definition) is 3. The number of carboxylic acids is 1. The molecule has 0 radical (unpaired) electrons. The van der Waals surface area contributed by atoms with Gasteiger partial charge >= 0.3 is 5.97 Å². The Kier molecular flexibility index (Phi) is 2.82. The monoisotopic (exact) mass is 288 g/mol. The molecule has 6 heteroatoms. The van der Waals surface area contributed by atoms with Gasteiger partial charge in [-0.15, -0.1) is 0 Å². The molecule has 84 valence electrons. The quantitative estimate of drug-likeness (QED) is 0.850. The van der Waals surface area contributed by atoms with E-state index < -0.39 is 11.8 Å². The average Bonchev–Trinajstić information content (AvgIpc) is 2.65. The van der Waals surface area contributed by atoms with Crippen LogP contribution in [0.25, 0.3) is 6.08 Å². The van der Waals surface area contributed by atoms with Crippen molar-refractivity contribution >= 4 is 28.0 Å². The topological polar surface area (TPSA) is 55.8 Å². The van der Waals surface area contributed by atoms with Gasteiger partial charge in [0.15, 0.2) is 11.5 Å². The SMILES string of the molecule is O=C(O)C(F)=Cc1cc(Br)c2c(c1)OCO2. The molecule has 0 aromatic heterocycles. The Hall–Kier alpha value is -1.56. The first-order valence-corrected chi connectivity index (χ1v) is 5.07. The number of aliphatic carboxylic acids is 1. The zero-order valence-corrected chi connectivity index (χ0v) is 9.45. The molecule has 1 N–H and O–H groups in total. The molecular formula is C10H6BrFO4. The molecule has 0 amide bonds. The van der Waals surface area contributed by atoms with Crippen molar-refractivity contribution < 1.29 is 23.8 Å². The summed E-state index contributed by atoms with van der Waals surface area (Å²) >= 11 is 3.22. The fourth-order valence-electron chi connectivity index (χ4n) is 1.28. The van der Waals surface area contributed by atoms with Gasteiger partial charge in [-0.05, 0) is 39.7 Å². The molecule has 0 saturated heterocycles. The highest BCUT2D eigenvalue weighted by molar-refractivity contribution is 9.10. The molecule has 0 atom stereocenters. The lowest BCUT2D eigenvalue weighted by atomic mass is 10.2. The van der Waals surface area contributed by atoms with Crippen molar-refractivity contribution in [3.8, 4) is 11.5 Å². The minimum absolute atomic E-state index is 0.0997. The van der Waals surface area contributed by atoms with Gasteiger partial charge in [0.05, 0.1) is 4.47 Å². The van der Waals surface area contributed by atoms with E-state index in [2.05, 4.69) is 15.9 Å². The smallest absolute Gasteiger partial charge is 0.364 e. The van der Waals surface area contributed by atoms with E-state index in [1.807, 2.05) is 0 Å². The third-order valence-electron chi connectivity index (χ3n) is 1.95. The second kappa shape index (κ2) is 4.13. The van der Waals surface area contributed by atoms with E-state index in [1.165, 1.54) is 6.07 Å². The van der Waals surface area contributed by atoms with Gasteiger partial charge < -0.3 is 14.6 Å². The minimum Gasteiger partial charge on any atom is -0.476 e. The number of carboxylic acid groups (broad SMARTS) is 1. The molecule has 1 aromatic carbocycles. The summed E-state index contributed by atoms with van der Waals surface area (Å²) in [5.41, 5.74) is 0.385. The van der Waals surface area contributed by atoms with Crippen molar-refractivity contribution in [2.24, 2.45) is 0 Å². The first kappa shape index (κ1) is 10.9. The molecule has 1 aromatic rings. The van der Waals surface area contributed by atoms with Gasteiger partial charge in [0.2, 0.25) is 12.6 Å². The van der Waals surface area contributed by atoms with E-state index in [0.29, 0.717) is 21.5 Å². The number of ether oxygens (including phenoxy) is 2. The summed E-state index contributed by atoms with van der Waals surface area (Å²) in [7, 11) is 0. The Bertz CT molecular complexity index is 484. The highest BCUT2D eigenvalue weighted by Crippen LogP contribution is 2.40. The number of fused-ring (bicyclic) bond motifs is 1. The number of rotatable bonds is 2. The van der Waals surface area contributed by atoms with Crippen LogP contribution in [0.15, 0.2) is 22.4 Å². The summed E-state index contributed by atoms with van der Waals surface area (Å²) in [5.74, 6) is -1.84. The van der Waals surface area contributed by atoms with Crippen LogP contribution in [0, 0.1) is 0 Å². The third-order valence-corrected chi connectivity index (χ3v) is 2.54. The van der Waals surface area contributed by atoms with Gasteiger partial charge in [-0.1, -0.05) is 0 Å². The van der Waals surface area contributed by atoms with Crippen LogP contribution in [0.3, 0.4) is 0 Å². The van der Waals surface area contributed by atoms with Gasteiger partial charge in [-0.25, -0.2) is 4.79 Å². The molecule has 4 nitrogen and oxygen atoms in total. The van der Waals surface area contributed by atoms with Crippen LogP contribution in [0.2, 0.25) is 0 Å². The molecule has 0 saturated carbocycles. The van der Waals surface area contributed by atoms with Crippen LogP contribution < -0.4 is 9.47 Å². The Labute approximate surface area is 98.4 Å². The van der Waals surface area contributed by atoms with Crippen LogP contribution in [0.1, 0.15) is 5.56 Å². The van der Waals surface area contributed by atoms with E-state index in [1.54, 1.807) is 6.07 Å². The first-order valence-electron chi connectivity index (χ1n) is 4.27. The number of benzene rings is 1. The lowest BCUT2D eigenvalue weighted by Crippen LogP contribution is -1.94. The lowest BCUT2D eigenvalue weighted by molar-refractivity contribution is -0.134. The fourth-order valence-corrected chi connectivity index (χ4v) is 1.85. The Morgan fingerprint density at radius 3 is 2.94 bits per heavy atom. The predicted octanol–water partition coefficient (Wildman–Crippen LogP) is 2.57. The van der Waals surface area contributed by atoms with Crippen LogP contribution in [0.5, 0.6) is 11.5 Å². The summed E-state index contributed by atoms with van der Waals surface area (Å²) in [4.78, 5) is 10.3. The van der Waals surface area contributed by atoms with E-state index in [-0.39, 0.29) is 6.79 Å². The Balaban J connectivity index is 2.41. The molecule has 0 spiro atoms. The van der Waals surface area contributed by atoms with E-state index in [4.69, 9.17) is 14.6 Å². The van der Waals surface area contributed by atoms with Gasteiger partial charge in [0.1, 0.15) is 0 Å². The van der Waals surface area contributed by atoms with Crippen molar-refractivity contribution in [3.05, 3.63) is 28.0 Å². The second-order valence-electron chi connectivity index (χ2n) is 3.03. The maximum Gasteiger partial charge on any atom is 0.364 e. The first-order chi connectivity index (χ1) is 7.58. The number of hydrogen-bond donors (Lipinski definition) is 1. The standard InChI is InChI=1S/C10H6BrFO4/c11-6-1-5(2-7(12)10(13)14)3-8-9(6)16-4-15-8/h1-3H,4H2,(H,13,14). The van der Waals surface area contributed by atoms with Gasteiger partial charge in [-0.3, -0.25) is 0 Å². The molecule has 1 aliphatic heterocycles. The maximum atomic E-state index is 12.9. The summed E-state index contributed by atoms with van der Waals surface area (Å²) in [6, 6.07) is 3.06. The van der Waals surface area contributed by atoms with E-state index in [0.717, 1.165) is 6.08 Å². The summed E-state index contributed by atoms with van der Waals surface area (Å²) in [6.07, 6.45) is 0.912. The molecule has 0 fully saturated rings. The molecule has 1 heterocycles. The second-order valence-corrected chi connectivity index (χ2v) is 3.89. The van der Waals surface area contributed by atoms with Crippen LogP contribution in [-0.2, 0) is 4.79 Å². The zero-order chi connectivity index (χ0) is 11.7. The number of halogens is 2. The van der Waals surface area contributed by atoms with Crippen molar-refractivity contribution in [1.82, 2.24) is 0 Å². The maximum absolute atomic E-state index is 12.9. The molecular weight excluding hydrogens is 283 g/mol. The highest BCUT2D eigenvalue weighted by atomic mass is 79.9. The Morgan fingerprint density at radius 1 is 1.50 bits per heavy atom. The molecule has 0 bridgehead atoms. The Morgan fingerprint density at radius 2 is 2.25 bits per heavy atom. The number of carbonyl (C=O) groups is 1. The molecule has 2 rings (SSSR count). The van der Waals surface area contributed by atoms with Gasteiger partial charge in [0, 0.05) is 0 Å². The average molecular weight is 289 g/mol. The molecule has 0 unspecified atom stereocenters. The zero-order valence-electron chi connectivity index (χ0n) is 7.87. The lowest BCUT2D eigenvalue weighted by Gasteiger charge is -2.01. The predicted molar refractivity (Wildman–Crippen MR) is 57.0 cm³/mol. The van der Waals surface area contributed by atoms with E-state index >= 15 is 0 Å². The summed E-state index contributed by atoms with van der Waals surface area (Å²) in [5, 5.41) is 8.40. The molecule has 1 aliphatic rings. The van der Waals surface area contributed by atoms with Crippen LogP contribution in [-0.4, -0.2) is 17.9 Å². The largest absolute Gasteiger partial charge is 0.476 e. The normalized spacial score (nSPS) is 14.0. The third kappa shape index (κ3) is 2.01. The highest BCUT2D eigenvalue weighted by Gasteiger charge is 2.18. The van der Waals surface area contributed by atoms with Crippen molar-refractivity contribution in [2.45, 2.75) is 0 Å². The van der Waals surface area contributed by atoms with Crippen LogP contribution >= 0.6 is 15.9 Å². The molecule has 16 heavy (non-hydrogen) atoms.